The van der Waals surface area contributed by atoms with Gasteiger partial charge in [0.1, 0.15) is 0 Å². The minimum absolute atomic E-state index is 0.102. The van der Waals surface area contributed by atoms with Crippen molar-refractivity contribution in [3.63, 3.8) is 0 Å². The molecular weight excluding hydrogens is 204 g/mol. The highest BCUT2D eigenvalue weighted by atomic mass is 17.1. The molecule has 0 heterocycles. The van der Waals surface area contributed by atoms with E-state index in [0.29, 0.717) is 11.1 Å². The second kappa shape index (κ2) is 3.18. The molecule has 3 heteroatoms. The Morgan fingerprint density at radius 1 is 0.875 bits per heavy atom. The van der Waals surface area contributed by atoms with Gasteiger partial charge in [-0.15, -0.1) is 0 Å². The Morgan fingerprint density at radius 2 is 1.56 bits per heavy atom. The highest BCUT2D eigenvalue weighted by molar-refractivity contribution is 6.23. The average Bonchev–Trinajstić information content (AvgIpc) is 2.64. The first-order valence-corrected chi connectivity index (χ1v) is 4.91. The Bertz CT molecular complexity index is 587. The van der Waals surface area contributed by atoms with Crippen molar-refractivity contribution in [1.29, 1.82) is 0 Å². The molecule has 0 saturated carbocycles. The van der Waals surface area contributed by atoms with Crippen LogP contribution < -0.4 is 4.89 Å². The Kier molecular flexibility index (Phi) is 1.81. The van der Waals surface area contributed by atoms with Gasteiger partial charge in [-0.3, -0.25) is 4.79 Å². The Balaban J connectivity index is 2.37. The van der Waals surface area contributed by atoms with Crippen LogP contribution in [0.1, 0.15) is 15.9 Å². The topological polar surface area (TPSA) is 46.5 Å². The third-order valence-electron chi connectivity index (χ3n) is 2.81. The number of hydrogen-bond donors (Lipinski definition) is 1. The number of benzene rings is 2. The molecule has 3 rings (SSSR count). The van der Waals surface area contributed by atoms with Crippen LogP contribution in [0.25, 0.3) is 11.1 Å². The molecule has 0 aliphatic heterocycles. The van der Waals surface area contributed by atoms with Gasteiger partial charge in [0.15, 0.2) is 11.5 Å². The third-order valence-corrected chi connectivity index (χ3v) is 2.81. The van der Waals surface area contributed by atoms with E-state index in [1.807, 2.05) is 24.3 Å². The molecule has 2 aromatic carbocycles. The molecule has 78 valence electrons. The summed E-state index contributed by atoms with van der Waals surface area (Å²) < 4.78 is 0. The van der Waals surface area contributed by atoms with Crippen molar-refractivity contribution < 1.29 is 14.9 Å². The lowest BCUT2D eigenvalue weighted by Gasteiger charge is -2.02. The number of ketones is 1. The van der Waals surface area contributed by atoms with Gasteiger partial charge in [-0.1, -0.05) is 36.4 Å². The zero-order chi connectivity index (χ0) is 11.1. The van der Waals surface area contributed by atoms with E-state index >= 15 is 0 Å². The smallest absolute Gasteiger partial charge is 0.198 e. The standard InChI is InChI=1S/C13H8O3/c14-13-10-5-2-1-4-8(10)9-6-3-7-11(16-15)12(9)13/h1-7,15H. The van der Waals surface area contributed by atoms with E-state index in [9.17, 15) is 4.79 Å². The summed E-state index contributed by atoms with van der Waals surface area (Å²) >= 11 is 0. The van der Waals surface area contributed by atoms with Gasteiger partial charge in [0.2, 0.25) is 0 Å². The molecule has 1 N–H and O–H groups in total. The second-order valence-corrected chi connectivity index (χ2v) is 3.64. The lowest BCUT2D eigenvalue weighted by atomic mass is 10.1. The van der Waals surface area contributed by atoms with Crippen LogP contribution in [0.3, 0.4) is 0 Å². The predicted molar refractivity (Wildman–Crippen MR) is 58.6 cm³/mol. The van der Waals surface area contributed by atoms with Crippen LogP contribution in [-0.2, 0) is 0 Å². The molecule has 0 saturated heterocycles. The first kappa shape index (κ1) is 9.12. The van der Waals surface area contributed by atoms with Crippen LogP contribution in [0.2, 0.25) is 0 Å². The minimum Gasteiger partial charge on any atom is -0.339 e. The molecule has 0 radical (unpaired) electrons. The van der Waals surface area contributed by atoms with Crippen molar-refractivity contribution in [3.05, 3.63) is 53.6 Å². The van der Waals surface area contributed by atoms with E-state index in [4.69, 9.17) is 5.26 Å². The van der Waals surface area contributed by atoms with Gasteiger partial charge in [0, 0.05) is 5.56 Å². The molecule has 0 bridgehead atoms. The van der Waals surface area contributed by atoms with Crippen molar-refractivity contribution in [2.24, 2.45) is 0 Å². The lowest BCUT2D eigenvalue weighted by molar-refractivity contribution is -0.137. The van der Waals surface area contributed by atoms with Gasteiger partial charge in [-0.2, -0.15) is 0 Å². The average molecular weight is 212 g/mol. The van der Waals surface area contributed by atoms with Crippen LogP contribution >= 0.6 is 0 Å². The number of carbonyl (C=O) groups is 1. The summed E-state index contributed by atoms with van der Waals surface area (Å²) in [6.45, 7) is 0. The molecule has 0 atom stereocenters. The van der Waals surface area contributed by atoms with Crippen molar-refractivity contribution in [3.8, 4) is 16.9 Å². The van der Waals surface area contributed by atoms with E-state index in [1.165, 1.54) is 0 Å². The van der Waals surface area contributed by atoms with Crippen LogP contribution in [0.5, 0.6) is 5.75 Å². The number of fused-ring (bicyclic) bond motifs is 3. The van der Waals surface area contributed by atoms with Crippen LogP contribution in [-0.4, -0.2) is 11.0 Å². The van der Waals surface area contributed by atoms with Gasteiger partial charge < -0.3 is 4.89 Å². The first-order valence-electron chi connectivity index (χ1n) is 4.91. The van der Waals surface area contributed by atoms with E-state index in [0.717, 1.165) is 11.1 Å². The maximum Gasteiger partial charge on any atom is 0.198 e. The maximum atomic E-state index is 12.1. The molecule has 0 aromatic heterocycles. The van der Waals surface area contributed by atoms with Gasteiger partial charge in [0.25, 0.3) is 0 Å². The molecule has 0 unspecified atom stereocenters. The van der Waals surface area contributed by atoms with Gasteiger partial charge in [0.05, 0.1) is 5.56 Å². The van der Waals surface area contributed by atoms with Crippen molar-refractivity contribution in [2.45, 2.75) is 0 Å². The van der Waals surface area contributed by atoms with Gasteiger partial charge in [-0.05, 0) is 17.2 Å². The predicted octanol–water partition coefficient (Wildman–Crippen LogP) is 2.75. The molecule has 0 fully saturated rings. The minimum atomic E-state index is -0.102. The van der Waals surface area contributed by atoms with Crippen molar-refractivity contribution in [1.82, 2.24) is 0 Å². The molecule has 1 aliphatic carbocycles. The third kappa shape index (κ3) is 1.03. The van der Waals surface area contributed by atoms with Crippen LogP contribution in [0.4, 0.5) is 0 Å². The Hall–Kier alpha value is -2.13. The second-order valence-electron chi connectivity index (χ2n) is 3.64. The van der Waals surface area contributed by atoms with E-state index in [1.54, 1.807) is 18.2 Å². The zero-order valence-corrected chi connectivity index (χ0v) is 8.31. The summed E-state index contributed by atoms with van der Waals surface area (Å²) in [5, 5.41) is 8.75. The highest BCUT2D eigenvalue weighted by Crippen LogP contribution is 2.40. The molecular formula is C13H8O3. The van der Waals surface area contributed by atoms with E-state index in [-0.39, 0.29) is 11.5 Å². The molecule has 1 aliphatic rings. The number of carbonyl (C=O) groups excluding carboxylic acids is 1. The maximum absolute atomic E-state index is 12.1. The highest BCUT2D eigenvalue weighted by Gasteiger charge is 2.29. The van der Waals surface area contributed by atoms with Gasteiger partial charge in [-0.25, -0.2) is 5.26 Å². The monoisotopic (exact) mass is 212 g/mol. The largest absolute Gasteiger partial charge is 0.339 e. The summed E-state index contributed by atoms with van der Waals surface area (Å²) in [6.07, 6.45) is 0. The summed E-state index contributed by atoms with van der Waals surface area (Å²) in [6, 6.07) is 12.5. The molecule has 0 amide bonds. The molecule has 2 aromatic rings. The lowest BCUT2D eigenvalue weighted by Crippen LogP contribution is -1.98. The van der Waals surface area contributed by atoms with E-state index < -0.39 is 0 Å². The summed E-state index contributed by atoms with van der Waals surface area (Å²) in [5.41, 5.74) is 2.79. The Morgan fingerprint density at radius 3 is 2.31 bits per heavy atom. The zero-order valence-electron chi connectivity index (χ0n) is 8.31. The SMILES string of the molecule is O=C1c2ccccc2-c2cccc(OO)c21. The quantitative estimate of drug-likeness (QED) is 0.498. The fourth-order valence-electron chi connectivity index (χ4n) is 2.12. The fraction of sp³-hybridized carbons (Fsp3) is 0. The van der Waals surface area contributed by atoms with Crippen molar-refractivity contribution in [2.75, 3.05) is 0 Å². The molecule has 16 heavy (non-hydrogen) atoms. The summed E-state index contributed by atoms with van der Waals surface area (Å²) in [7, 11) is 0. The molecule has 0 spiro atoms. The number of rotatable bonds is 1. The van der Waals surface area contributed by atoms with Crippen LogP contribution in [0.15, 0.2) is 42.5 Å². The Labute approximate surface area is 91.8 Å². The molecule has 3 nitrogen and oxygen atoms in total. The van der Waals surface area contributed by atoms with E-state index in [2.05, 4.69) is 4.89 Å². The summed E-state index contributed by atoms with van der Waals surface area (Å²) in [4.78, 5) is 16.3. The fourth-order valence-corrected chi connectivity index (χ4v) is 2.12. The van der Waals surface area contributed by atoms with Crippen molar-refractivity contribution >= 4 is 5.78 Å². The summed E-state index contributed by atoms with van der Waals surface area (Å²) in [5.74, 6) is 0.106. The van der Waals surface area contributed by atoms with Gasteiger partial charge >= 0.3 is 0 Å². The number of hydrogen-bond acceptors (Lipinski definition) is 3. The normalized spacial score (nSPS) is 12.2. The van der Waals surface area contributed by atoms with Crippen LogP contribution in [0, 0.1) is 0 Å². The first-order chi connectivity index (χ1) is 7.83.